The standard InChI is InChI=1S/C23H30O2/c1-21-11-7-16(24)14-15(21)5-6-17-18(21)8-12-22(2)19(17)9-13-23(22)10-3-4-20(23)25/h7,11,14,17-19H,3-6,8-10,12-13H2,1-2H3/t17?,18-,19?,21?,22?,23-/m0/s1. The minimum atomic E-state index is 0.0119. The third-order valence-corrected chi connectivity index (χ3v) is 9.46. The van der Waals surface area contributed by atoms with E-state index in [0.29, 0.717) is 17.6 Å². The predicted molar refractivity (Wildman–Crippen MR) is 97.9 cm³/mol. The van der Waals surface area contributed by atoms with Crippen molar-refractivity contribution < 1.29 is 9.59 Å². The van der Waals surface area contributed by atoms with E-state index in [1.807, 2.05) is 6.08 Å². The molecule has 4 saturated carbocycles. The number of ketones is 2. The molecule has 4 fully saturated rings. The molecule has 25 heavy (non-hydrogen) atoms. The fourth-order valence-electron chi connectivity index (χ4n) is 8.13. The molecule has 0 amide bonds. The second-order valence-corrected chi connectivity index (χ2v) is 9.96. The second-order valence-electron chi connectivity index (χ2n) is 9.96. The molecule has 0 bridgehead atoms. The van der Waals surface area contributed by atoms with Crippen molar-refractivity contribution in [3.05, 3.63) is 23.8 Å². The zero-order valence-corrected chi connectivity index (χ0v) is 15.6. The normalized spacial score (nSPS) is 51.3. The van der Waals surface area contributed by atoms with Crippen LogP contribution in [0, 0.1) is 34.0 Å². The molecule has 0 aromatic rings. The average Bonchev–Trinajstić information content (AvgIpc) is 3.10. The van der Waals surface area contributed by atoms with Gasteiger partial charge in [-0.1, -0.05) is 25.5 Å². The molecule has 1 spiro atoms. The van der Waals surface area contributed by atoms with E-state index in [4.69, 9.17) is 0 Å². The number of carbonyl (C=O) groups is 2. The summed E-state index contributed by atoms with van der Waals surface area (Å²) in [6.07, 6.45) is 16.1. The topological polar surface area (TPSA) is 34.1 Å². The van der Waals surface area contributed by atoms with Gasteiger partial charge in [-0.3, -0.25) is 9.59 Å². The van der Waals surface area contributed by atoms with Gasteiger partial charge in [0.2, 0.25) is 0 Å². The number of carbonyl (C=O) groups excluding carboxylic acids is 2. The highest BCUT2D eigenvalue weighted by molar-refractivity contribution is 6.01. The van der Waals surface area contributed by atoms with Gasteiger partial charge < -0.3 is 0 Å². The molecule has 5 aliphatic rings. The van der Waals surface area contributed by atoms with Gasteiger partial charge in [-0.2, -0.15) is 0 Å². The zero-order chi connectivity index (χ0) is 17.4. The van der Waals surface area contributed by atoms with Gasteiger partial charge in [-0.05, 0) is 86.7 Å². The highest BCUT2D eigenvalue weighted by Crippen LogP contribution is 2.71. The highest BCUT2D eigenvalue weighted by Gasteiger charge is 2.66. The molecule has 134 valence electrons. The second kappa shape index (κ2) is 4.96. The Morgan fingerprint density at radius 2 is 1.76 bits per heavy atom. The van der Waals surface area contributed by atoms with E-state index in [9.17, 15) is 9.59 Å². The molecular formula is C23H30O2. The lowest BCUT2D eigenvalue weighted by molar-refractivity contribution is -0.137. The van der Waals surface area contributed by atoms with Gasteiger partial charge in [0.15, 0.2) is 5.78 Å². The fraction of sp³-hybridized carbons (Fsp3) is 0.739. The van der Waals surface area contributed by atoms with Gasteiger partial charge in [0.1, 0.15) is 5.78 Å². The van der Waals surface area contributed by atoms with Crippen LogP contribution in [0.15, 0.2) is 23.8 Å². The molecule has 0 aromatic carbocycles. The Kier molecular flexibility index (Phi) is 3.18. The van der Waals surface area contributed by atoms with Crippen molar-refractivity contribution in [3.8, 4) is 0 Å². The SMILES string of the molecule is CC12C=CC(=O)C=C1CCC1C3CC[C@]4(CCCC4=O)C3(C)CC[C@@H]12. The number of hydrogen-bond acceptors (Lipinski definition) is 2. The van der Waals surface area contributed by atoms with Crippen molar-refractivity contribution in [3.63, 3.8) is 0 Å². The van der Waals surface area contributed by atoms with E-state index in [1.54, 1.807) is 6.08 Å². The molecule has 6 atom stereocenters. The number of rotatable bonds is 0. The van der Waals surface area contributed by atoms with Crippen LogP contribution in [0.1, 0.15) is 71.6 Å². The van der Waals surface area contributed by atoms with E-state index < -0.39 is 0 Å². The monoisotopic (exact) mass is 338 g/mol. The third kappa shape index (κ3) is 1.82. The van der Waals surface area contributed by atoms with Gasteiger partial charge in [0.05, 0.1) is 0 Å². The Bertz CT molecular complexity index is 716. The molecule has 0 radical (unpaired) electrons. The zero-order valence-electron chi connectivity index (χ0n) is 15.6. The number of fused-ring (bicyclic) bond motifs is 6. The van der Waals surface area contributed by atoms with Crippen LogP contribution in [0.5, 0.6) is 0 Å². The lowest BCUT2D eigenvalue weighted by atomic mass is 9.45. The molecule has 0 saturated heterocycles. The first-order chi connectivity index (χ1) is 11.9. The molecule has 0 heterocycles. The summed E-state index contributed by atoms with van der Waals surface area (Å²) in [7, 11) is 0. The van der Waals surface area contributed by atoms with E-state index in [1.165, 1.54) is 31.3 Å². The summed E-state index contributed by atoms with van der Waals surface area (Å²) in [5.74, 6) is 2.84. The summed E-state index contributed by atoms with van der Waals surface area (Å²) in [4.78, 5) is 24.7. The third-order valence-electron chi connectivity index (χ3n) is 9.46. The van der Waals surface area contributed by atoms with E-state index in [-0.39, 0.29) is 22.0 Å². The van der Waals surface area contributed by atoms with Crippen LogP contribution < -0.4 is 0 Å². The summed E-state index contributed by atoms with van der Waals surface area (Å²) in [5, 5.41) is 0. The Labute approximate surface area is 151 Å². The Hall–Kier alpha value is -1.18. The van der Waals surface area contributed by atoms with E-state index in [2.05, 4.69) is 19.9 Å². The van der Waals surface area contributed by atoms with E-state index in [0.717, 1.165) is 38.0 Å². The smallest absolute Gasteiger partial charge is 0.178 e. The maximum atomic E-state index is 12.9. The minimum absolute atomic E-state index is 0.0119. The molecule has 5 aliphatic carbocycles. The fourth-order valence-corrected chi connectivity index (χ4v) is 8.13. The summed E-state index contributed by atoms with van der Waals surface area (Å²) in [6, 6.07) is 0. The van der Waals surface area contributed by atoms with Gasteiger partial charge in [-0.15, -0.1) is 0 Å². The molecule has 0 N–H and O–H groups in total. The minimum Gasteiger partial charge on any atom is -0.299 e. The van der Waals surface area contributed by atoms with Crippen LogP contribution >= 0.6 is 0 Å². The van der Waals surface area contributed by atoms with Crippen molar-refractivity contribution in [1.82, 2.24) is 0 Å². The quantitative estimate of drug-likeness (QED) is 0.620. The molecule has 4 unspecified atom stereocenters. The van der Waals surface area contributed by atoms with Crippen molar-refractivity contribution >= 4 is 11.6 Å². The Morgan fingerprint density at radius 3 is 2.52 bits per heavy atom. The lowest BCUT2D eigenvalue weighted by Gasteiger charge is -2.58. The maximum absolute atomic E-state index is 12.9. The molecular weight excluding hydrogens is 308 g/mol. The van der Waals surface area contributed by atoms with Crippen molar-refractivity contribution in [2.45, 2.75) is 71.6 Å². The van der Waals surface area contributed by atoms with Crippen LogP contribution in [-0.2, 0) is 9.59 Å². The maximum Gasteiger partial charge on any atom is 0.178 e. The number of Topliss-reactive ketones (excluding diaryl/α,β-unsaturated/α-hetero) is 1. The summed E-state index contributed by atoms with van der Waals surface area (Å²) in [6.45, 7) is 4.84. The van der Waals surface area contributed by atoms with Crippen LogP contribution in [-0.4, -0.2) is 11.6 Å². The molecule has 0 aliphatic heterocycles. The van der Waals surface area contributed by atoms with E-state index >= 15 is 0 Å². The number of allylic oxidation sites excluding steroid dienone is 4. The van der Waals surface area contributed by atoms with Gasteiger partial charge in [0, 0.05) is 17.3 Å². The molecule has 2 heteroatoms. The predicted octanol–water partition coefficient (Wildman–Crippen LogP) is 5.03. The summed E-state index contributed by atoms with van der Waals surface area (Å²) < 4.78 is 0. The Morgan fingerprint density at radius 1 is 0.960 bits per heavy atom. The van der Waals surface area contributed by atoms with Crippen molar-refractivity contribution in [2.24, 2.45) is 34.0 Å². The summed E-state index contributed by atoms with van der Waals surface area (Å²) >= 11 is 0. The highest BCUT2D eigenvalue weighted by atomic mass is 16.1. The first-order valence-electron chi connectivity index (χ1n) is 10.4. The molecule has 0 aromatic heterocycles. The first kappa shape index (κ1) is 16.0. The van der Waals surface area contributed by atoms with Gasteiger partial charge in [0.25, 0.3) is 0 Å². The Balaban J connectivity index is 1.52. The van der Waals surface area contributed by atoms with Crippen molar-refractivity contribution in [1.29, 1.82) is 0 Å². The summed E-state index contributed by atoms with van der Waals surface area (Å²) in [5.41, 5.74) is 1.69. The first-order valence-corrected chi connectivity index (χ1v) is 10.4. The molecule has 2 nitrogen and oxygen atoms in total. The molecule has 5 rings (SSSR count). The van der Waals surface area contributed by atoms with Crippen LogP contribution in [0.3, 0.4) is 0 Å². The van der Waals surface area contributed by atoms with Crippen LogP contribution in [0.4, 0.5) is 0 Å². The largest absolute Gasteiger partial charge is 0.299 e. The lowest BCUT2D eigenvalue weighted by Crippen LogP contribution is -2.52. The van der Waals surface area contributed by atoms with Crippen LogP contribution in [0.25, 0.3) is 0 Å². The number of hydrogen-bond donors (Lipinski definition) is 0. The van der Waals surface area contributed by atoms with Crippen molar-refractivity contribution in [2.75, 3.05) is 0 Å². The van der Waals surface area contributed by atoms with Crippen LogP contribution in [0.2, 0.25) is 0 Å². The van der Waals surface area contributed by atoms with Gasteiger partial charge in [-0.25, -0.2) is 0 Å². The average molecular weight is 338 g/mol. The van der Waals surface area contributed by atoms with Gasteiger partial charge >= 0.3 is 0 Å².